The third kappa shape index (κ3) is 5.34. The van der Waals surface area contributed by atoms with E-state index in [0.717, 1.165) is 21.5 Å². The van der Waals surface area contributed by atoms with Crippen LogP contribution in [0, 0.1) is 0 Å². The highest BCUT2D eigenvalue weighted by atomic mass is 79.9. The van der Waals surface area contributed by atoms with Crippen molar-refractivity contribution >= 4 is 27.7 Å². The number of ether oxygens (including phenoxy) is 1. The van der Waals surface area contributed by atoms with E-state index in [1.165, 1.54) is 0 Å². The van der Waals surface area contributed by atoms with Crippen LogP contribution < -0.4 is 10.1 Å². The molecule has 0 aliphatic carbocycles. The third-order valence-electron chi connectivity index (χ3n) is 2.92. The van der Waals surface area contributed by atoms with Crippen LogP contribution in [0.5, 0.6) is 5.75 Å². The fourth-order valence-corrected chi connectivity index (χ4v) is 3.09. The average molecular weight is 348 g/mol. The first-order chi connectivity index (χ1) is 8.89. The number of hydrogen-bond donors (Lipinski definition) is 2. The maximum Gasteiger partial charge on any atom is 0.133 e. The van der Waals surface area contributed by atoms with Gasteiger partial charge in [-0.3, -0.25) is 0 Å². The number of hydrogen-bond acceptors (Lipinski definition) is 4. The zero-order valence-corrected chi connectivity index (χ0v) is 14.3. The summed E-state index contributed by atoms with van der Waals surface area (Å²) in [5, 5.41) is 13.5. The van der Waals surface area contributed by atoms with Crippen LogP contribution in [0.15, 0.2) is 22.7 Å². The van der Waals surface area contributed by atoms with Gasteiger partial charge in [0, 0.05) is 18.3 Å². The van der Waals surface area contributed by atoms with Crippen LogP contribution in [0.2, 0.25) is 0 Å². The number of aliphatic hydroxyl groups is 1. The molecule has 2 atom stereocenters. The number of rotatable bonds is 7. The molecular weight excluding hydrogens is 326 g/mol. The molecule has 3 nitrogen and oxygen atoms in total. The number of benzene rings is 1. The van der Waals surface area contributed by atoms with Crippen LogP contribution in [0.1, 0.15) is 25.5 Å². The Morgan fingerprint density at radius 2 is 2.21 bits per heavy atom. The van der Waals surface area contributed by atoms with Gasteiger partial charge >= 0.3 is 0 Å². The van der Waals surface area contributed by atoms with Crippen LogP contribution >= 0.6 is 27.7 Å². The van der Waals surface area contributed by atoms with Gasteiger partial charge in [0.15, 0.2) is 0 Å². The fourth-order valence-electron chi connectivity index (χ4n) is 1.80. The molecule has 1 aromatic rings. The van der Waals surface area contributed by atoms with Crippen molar-refractivity contribution in [3.63, 3.8) is 0 Å². The van der Waals surface area contributed by atoms with E-state index < -0.39 is 5.60 Å². The van der Waals surface area contributed by atoms with E-state index in [9.17, 15) is 5.11 Å². The van der Waals surface area contributed by atoms with E-state index in [2.05, 4.69) is 28.2 Å². The summed E-state index contributed by atoms with van der Waals surface area (Å²) in [6, 6.07) is 6.19. The molecule has 2 N–H and O–H groups in total. The fraction of sp³-hybridized carbons (Fsp3) is 0.571. The molecule has 0 bridgehead atoms. The van der Waals surface area contributed by atoms with Gasteiger partial charge in [-0.15, -0.1) is 0 Å². The molecule has 0 aromatic heterocycles. The SMILES string of the molecule is COc1ccc([C@H](C)NC[C@@](C)(O)CSC)cc1Br. The summed E-state index contributed by atoms with van der Waals surface area (Å²) in [5.74, 6) is 1.55. The molecule has 0 aliphatic heterocycles. The van der Waals surface area contributed by atoms with Gasteiger partial charge in [0.2, 0.25) is 0 Å². The van der Waals surface area contributed by atoms with E-state index >= 15 is 0 Å². The Labute approximate surface area is 128 Å². The number of methoxy groups -OCH3 is 1. The largest absolute Gasteiger partial charge is 0.496 e. The lowest BCUT2D eigenvalue weighted by Gasteiger charge is -2.25. The Bertz CT molecular complexity index is 412. The third-order valence-corrected chi connectivity index (χ3v) is 4.45. The molecule has 19 heavy (non-hydrogen) atoms. The molecular formula is C14H22BrNO2S. The van der Waals surface area contributed by atoms with Gasteiger partial charge in [0.05, 0.1) is 17.2 Å². The zero-order chi connectivity index (χ0) is 14.5. The monoisotopic (exact) mass is 347 g/mol. The van der Waals surface area contributed by atoms with E-state index in [-0.39, 0.29) is 6.04 Å². The molecule has 0 heterocycles. The van der Waals surface area contributed by atoms with Gasteiger partial charge < -0.3 is 15.2 Å². The summed E-state index contributed by atoms with van der Waals surface area (Å²) in [7, 11) is 1.65. The second kappa shape index (κ2) is 7.53. The lowest BCUT2D eigenvalue weighted by atomic mass is 10.1. The maximum atomic E-state index is 10.1. The minimum Gasteiger partial charge on any atom is -0.496 e. The number of thioether (sulfide) groups is 1. The Morgan fingerprint density at radius 3 is 2.74 bits per heavy atom. The molecule has 0 aliphatic rings. The molecule has 0 saturated carbocycles. The zero-order valence-electron chi connectivity index (χ0n) is 11.9. The first-order valence-electron chi connectivity index (χ1n) is 6.18. The predicted octanol–water partition coefficient (Wildman–Crippen LogP) is 3.22. The second-order valence-electron chi connectivity index (χ2n) is 4.93. The van der Waals surface area contributed by atoms with Gasteiger partial charge in [-0.2, -0.15) is 11.8 Å². The Kier molecular flexibility index (Phi) is 6.66. The quantitative estimate of drug-likeness (QED) is 0.794. The van der Waals surface area contributed by atoms with Crippen molar-refractivity contribution < 1.29 is 9.84 Å². The first kappa shape index (κ1) is 16.8. The van der Waals surface area contributed by atoms with E-state index in [4.69, 9.17) is 4.74 Å². The Balaban J connectivity index is 2.63. The van der Waals surface area contributed by atoms with Crippen molar-refractivity contribution in [2.45, 2.75) is 25.5 Å². The lowest BCUT2D eigenvalue weighted by Crippen LogP contribution is -2.40. The molecule has 1 aromatic carbocycles. The van der Waals surface area contributed by atoms with E-state index in [1.807, 2.05) is 31.4 Å². The molecule has 0 amide bonds. The van der Waals surface area contributed by atoms with Gasteiger partial charge in [0.1, 0.15) is 5.75 Å². The van der Waals surface area contributed by atoms with E-state index in [1.54, 1.807) is 18.9 Å². The predicted molar refractivity (Wildman–Crippen MR) is 86.1 cm³/mol. The molecule has 1 rings (SSSR count). The van der Waals surface area contributed by atoms with Crippen molar-refractivity contribution in [1.82, 2.24) is 5.32 Å². The summed E-state index contributed by atoms with van der Waals surface area (Å²) in [6.07, 6.45) is 2.00. The summed E-state index contributed by atoms with van der Waals surface area (Å²) >= 11 is 5.13. The highest BCUT2D eigenvalue weighted by Crippen LogP contribution is 2.28. The highest BCUT2D eigenvalue weighted by molar-refractivity contribution is 9.10. The molecule has 0 radical (unpaired) electrons. The van der Waals surface area contributed by atoms with Crippen molar-refractivity contribution in [2.24, 2.45) is 0 Å². The Morgan fingerprint density at radius 1 is 1.53 bits per heavy atom. The van der Waals surface area contributed by atoms with E-state index in [0.29, 0.717) is 6.54 Å². The molecule has 0 fully saturated rings. The number of halogens is 1. The minimum absolute atomic E-state index is 0.176. The van der Waals surface area contributed by atoms with Crippen LogP contribution in [0.25, 0.3) is 0 Å². The summed E-state index contributed by atoms with van der Waals surface area (Å²) < 4.78 is 6.16. The minimum atomic E-state index is -0.683. The lowest BCUT2D eigenvalue weighted by molar-refractivity contribution is 0.0820. The second-order valence-corrected chi connectivity index (χ2v) is 6.65. The topological polar surface area (TPSA) is 41.5 Å². The molecule has 0 spiro atoms. The van der Waals surface area contributed by atoms with Crippen LogP contribution in [0.4, 0.5) is 0 Å². The van der Waals surface area contributed by atoms with Crippen LogP contribution in [-0.4, -0.2) is 36.4 Å². The number of nitrogens with one attached hydrogen (secondary N) is 1. The molecule has 0 saturated heterocycles. The standard InChI is InChI=1S/C14H22BrNO2S/c1-10(16-8-14(2,17)9-19-4)11-5-6-13(18-3)12(15)7-11/h5-7,10,16-17H,8-9H2,1-4H3/t10-,14+/m0/s1. The molecule has 5 heteroatoms. The van der Waals surface area contributed by atoms with Gasteiger partial charge in [0.25, 0.3) is 0 Å². The molecule has 0 unspecified atom stereocenters. The summed E-state index contributed by atoms with van der Waals surface area (Å²) in [4.78, 5) is 0. The normalized spacial score (nSPS) is 15.9. The van der Waals surface area contributed by atoms with Gasteiger partial charge in [-0.05, 0) is 53.7 Å². The Hall–Kier alpha value is -0.230. The average Bonchev–Trinajstić information content (AvgIpc) is 2.36. The first-order valence-corrected chi connectivity index (χ1v) is 8.36. The van der Waals surface area contributed by atoms with Crippen molar-refractivity contribution in [2.75, 3.05) is 25.7 Å². The smallest absolute Gasteiger partial charge is 0.133 e. The van der Waals surface area contributed by atoms with Crippen molar-refractivity contribution in [3.8, 4) is 5.75 Å². The van der Waals surface area contributed by atoms with Gasteiger partial charge in [-0.25, -0.2) is 0 Å². The molecule has 108 valence electrons. The van der Waals surface area contributed by atoms with Crippen molar-refractivity contribution in [3.05, 3.63) is 28.2 Å². The summed E-state index contributed by atoms with van der Waals surface area (Å²) in [6.45, 7) is 4.51. The summed E-state index contributed by atoms with van der Waals surface area (Å²) in [5.41, 5.74) is 0.477. The van der Waals surface area contributed by atoms with Gasteiger partial charge in [-0.1, -0.05) is 6.07 Å². The highest BCUT2D eigenvalue weighted by Gasteiger charge is 2.20. The van der Waals surface area contributed by atoms with Crippen LogP contribution in [-0.2, 0) is 0 Å². The van der Waals surface area contributed by atoms with Crippen LogP contribution in [0.3, 0.4) is 0 Å². The van der Waals surface area contributed by atoms with Crippen molar-refractivity contribution in [1.29, 1.82) is 0 Å². The maximum absolute atomic E-state index is 10.1.